The third-order valence-corrected chi connectivity index (χ3v) is 6.41. The van der Waals surface area contributed by atoms with Gasteiger partial charge in [0.15, 0.2) is 0 Å². The van der Waals surface area contributed by atoms with Gasteiger partial charge in [0.05, 0.1) is 17.2 Å². The van der Waals surface area contributed by atoms with Crippen LogP contribution in [-0.2, 0) is 5.75 Å². The molecule has 10 heteroatoms. The monoisotopic (exact) mass is 416 g/mol. The minimum atomic E-state index is -0.136. The van der Waals surface area contributed by atoms with Gasteiger partial charge in [0.25, 0.3) is 5.56 Å². The SMILES string of the molecule is O=c1[nH]c(CSc2nnnn2C2CC2)nc2scc(-c3ccc(Cl)cc3)c12. The highest BCUT2D eigenvalue weighted by molar-refractivity contribution is 7.98. The lowest BCUT2D eigenvalue weighted by molar-refractivity contribution is 0.565. The zero-order chi connectivity index (χ0) is 18.4. The van der Waals surface area contributed by atoms with Crippen LogP contribution < -0.4 is 5.56 Å². The first-order valence-electron chi connectivity index (χ1n) is 8.36. The van der Waals surface area contributed by atoms with Gasteiger partial charge in [-0.25, -0.2) is 9.67 Å². The van der Waals surface area contributed by atoms with Gasteiger partial charge in [-0.3, -0.25) is 4.79 Å². The molecule has 0 aliphatic heterocycles. The van der Waals surface area contributed by atoms with Crippen LogP contribution in [0.1, 0.15) is 24.7 Å². The fourth-order valence-electron chi connectivity index (χ4n) is 2.87. The fourth-order valence-corrected chi connectivity index (χ4v) is 4.77. The van der Waals surface area contributed by atoms with Crippen molar-refractivity contribution in [3.63, 3.8) is 0 Å². The number of fused-ring (bicyclic) bond motifs is 1. The first-order chi connectivity index (χ1) is 13.2. The predicted molar refractivity (Wildman–Crippen MR) is 106 cm³/mol. The van der Waals surface area contributed by atoms with Gasteiger partial charge < -0.3 is 4.98 Å². The topological polar surface area (TPSA) is 89.4 Å². The van der Waals surface area contributed by atoms with Crippen molar-refractivity contribution in [1.29, 1.82) is 0 Å². The molecule has 3 aromatic heterocycles. The predicted octanol–water partition coefficient (Wildman–Crippen LogP) is 3.92. The average Bonchev–Trinajstić information content (AvgIpc) is 3.24. The fraction of sp³-hybridized carbons (Fsp3) is 0.235. The van der Waals surface area contributed by atoms with Crippen molar-refractivity contribution in [3.05, 3.63) is 50.8 Å². The smallest absolute Gasteiger partial charge is 0.260 e. The number of tetrazole rings is 1. The molecule has 3 heterocycles. The first-order valence-corrected chi connectivity index (χ1v) is 10.6. The van der Waals surface area contributed by atoms with Gasteiger partial charge in [0.2, 0.25) is 5.16 Å². The van der Waals surface area contributed by atoms with Gasteiger partial charge in [-0.05, 0) is 41.0 Å². The molecule has 0 saturated heterocycles. The maximum atomic E-state index is 12.7. The van der Waals surface area contributed by atoms with Crippen LogP contribution in [0.2, 0.25) is 5.02 Å². The highest BCUT2D eigenvalue weighted by Crippen LogP contribution is 2.37. The van der Waals surface area contributed by atoms with E-state index in [2.05, 4.69) is 25.5 Å². The summed E-state index contributed by atoms with van der Waals surface area (Å²) in [5, 5.41) is 15.8. The Labute approximate surface area is 166 Å². The summed E-state index contributed by atoms with van der Waals surface area (Å²) in [5.74, 6) is 1.12. The quantitative estimate of drug-likeness (QED) is 0.496. The van der Waals surface area contributed by atoms with E-state index in [-0.39, 0.29) is 5.56 Å². The molecule has 0 spiro atoms. The standard InChI is InChI=1S/C17H13ClN6OS2/c18-10-3-1-9(2-4-10)12-7-26-16-14(12)15(25)19-13(20-16)8-27-17-21-22-23-24(17)11-5-6-11/h1-4,7,11H,5-6,8H2,(H,19,20,25). The number of nitrogens with zero attached hydrogens (tertiary/aromatic N) is 5. The number of thioether (sulfide) groups is 1. The summed E-state index contributed by atoms with van der Waals surface area (Å²) < 4.78 is 1.85. The molecular formula is C17H13ClN6OS2. The number of nitrogens with one attached hydrogen (secondary N) is 1. The van der Waals surface area contributed by atoms with Crippen molar-refractivity contribution in [2.75, 3.05) is 0 Å². The maximum absolute atomic E-state index is 12.7. The first kappa shape index (κ1) is 16.9. The molecule has 136 valence electrons. The van der Waals surface area contributed by atoms with E-state index in [1.165, 1.54) is 23.1 Å². The van der Waals surface area contributed by atoms with Gasteiger partial charge in [0, 0.05) is 16.0 Å². The van der Waals surface area contributed by atoms with Crippen molar-refractivity contribution >= 4 is 44.9 Å². The Morgan fingerprint density at radius 2 is 2.11 bits per heavy atom. The molecule has 0 radical (unpaired) electrons. The third-order valence-electron chi connectivity index (χ3n) is 4.34. The second-order valence-electron chi connectivity index (χ2n) is 6.27. The van der Waals surface area contributed by atoms with E-state index in [4.69, 9.17) is 11.6 Å². The third kappa shape index (κ3) is 3.26. The van der Waals surface area contributed by atoms with Crippen molar-refractivity contribution in [1.82, 2.24) is 30.2 Å². The van der Waals surface area contributed by atoms with Crippen LogP contribution in [0, 0.1) is 0 Å². The number of thiophene rings is 1. The van der Waals surface area contributed by atoms with Gasteiger partial charge in [-0.1, -0.05) is 35.5 Å². The number of benzene rings is 1. The van der Waals surface area contributed by atoms with Crippen LogP contribution in [0.25, 0.3) is 21.3 Å². The molecule has 1 fully saturated rings. The van der Waals surface area contributed by atoms with Gasteiger partial charge in [-0.15, -0.1) is 16.4 Å². The van der Waals surface area contributed by atoms with Gasteiger partial charge in [0.1, 0.15) is 10.7 Å². The molecule has 1 aliphatic carbocycles. The molecule has 0 bridgehead atoms. The molecule has 1 aliphatic rings. The lowest BCUT2D eigenvalue weighted by Gasteiger charge is -2.03. The molecule has 0 amide bonds. The van der Waals surface area contributed by atoms with E-state index in [1.54, 1.807) is 0 Å². The Bertz CT molecular complexity index is 1180. The van der Waals surface area contributed by atoms with Crippen LogP contribution >= 0.6 is 34.7 Å². The van der Waals surface area contributed by atoms with Crippen LogP contribution in [0.15, 0.2) is 39.6 Å². The molecule has 1 aromatic carbocycles. The molecular weight excluding hydrogens is 404 g/mol. The second kappa shape index (κ2) is 6.74. The van der Waals surface area contributed by atoms with E-state index in [0.717, 1.165) is 34.0 Å². The van der Waals surface area contributed by atoms with Crippen molar-refractivity contribution < 1.29 is 0 Å². The minimum absolute atomic E-state index is 0.136. The van der Waals surface area contributed by atoms with E-state index < -0.39 is 0 Å². The van der Waals surface area contributed by atoms with Crippen molar-refractivity contribution in [2.45, 2.75) is 29.8 Å². The van der Waals surface area contributed by atoms with Crippen LogP contribution in [0.4, 0.5) is 0 Å². The lowest BCUT2D eigenvalue weighted by atomic mass is 10.1. The summed E-state index contributed by atoms with van der Waals surface area (Å²) in [6.07, 6.45) is 2.23. The zero-order valence-corrected chi connectivity index (χ0v) is 16.3. The van der Waals surface area contributed by atoms with Crippen LogP contribution in [0.3, 0.4) is 0 Å². The van der Waals surface area contributed by atoms with Crippen molar-refractivity contribution in [3.8, 4) is 11.1 Å². The van der Waals surface area contributed by atoms with E-state index in [0.29, 0.717) is 28.0 Å². The summed E-state index contributed by atoms with van der Waals surface area (Å²) in [6, 6.07) is 7.86. The molecule has 4 aromatic rings. The summed E-state index contributed by atoms with van der Waals surface area (Å²) in [6.45, 7) is 0. The molecule has 1 saturated carbocycles. The van der Waals surface area contributed by atoms with E-state index in [1.807, 2.05) is 34.3 Å². The number of hydrogen-bond acceptors (Lipinski definition) is 7. The summed E-state index contributed by atoms with van der Waals surface area (Å²) >= 11 is 8.90. The largest absolute Gasteiger partial charge is 0.309 e. The maximum Gasteiger partial charge on any atom is 0.260 e. The molecule has 5 rings (SSSR count). The number of hydrogen-bond donors (Lipinski definition) is 1. The molecule has 1 N–H and O–H groups in total. The summed E-state index contributed by atoms with van der Waals surface area (Å²) in [7, 11) is 0. The number of halogens is 1. The molecule has 0 atom stereocenters. The normalized spacial score (nSPS) is 14.1. The average molecular weight is 417 g/mol. The summed E-state index contributed by atoms with van der Waals surface area (Å²) in [5.41, 5.74) is 1.68. The highest BCUT2D eigenvalue weighted by Gasteiger charge is 2.28. The lowest BCUT2D eigenvalue weighted by Crippen LogP contribution is -2.11. The number of H-pyrrole nitrogens is 1. The van der Waals surface area contributed by atoms with Crippen LogP contribution in [-0.4, -0.2) is 30.2 Å². The van der Waals surface area contributed by atoms with Crippen molar-refractivity contribution in [2.24, 2.45) is 0 Å². The summed E-state index contributed by atoms with van der Waals surface area (Å²) in [4.78, 5) is 20.9. The number of rotatable bonds is 5. The Kier molecular flexibility index (Phi) is 4.22. The Hall–Kier alpha value is -2.23. The highest BCUT2D eigenvalue weighted by atomic mass is 35.5. The number of aromatic nitrogens is 6. The molecule has 0 unspecified atom stereocenters. The van der Waals surface area contributed by atoms with E-state index >= 15 is 0 Å². The van der Waals surface area contributed by atoms with Gasteiger partial charge >= 0.3 is 0 Å². The Morgan fingerprint density at radius 1 is 1.30 bits per heavy atom. The second-order valence-corrected chi connectivity index (χ2v) is 8.51. The Balaban J connectivity index is 1.44. The zero-order valence-electron chi connectivity index (χ0n) is 13.9. The van der Waals surface area contributed by atoms with E-state index in [9.17, 15) is 4.79 Å². The molecule has 7 nitrogen and oxygen atoms in total. The number of aromatic amines is 1. The Morgan fingerprint density at radius 3 is 2.89 bits per heavy atom. The molecule has 27 heavy (non-hydrogen) atoms. The van der Waals surface area contributed by atoms with Crippen LogP contribution in [0.5, 0.6) is 0 Å². The minimum Gasteiger partial charge on any atom is -0.309 e. The van der Waals surface area contributed by atoms with Gasteiger partial charge in [-0.2, -0.15) is 0 Å².